The van der Waals surface area contributed by atoms with E-state index in [1.807, 2.05) is 25.1 Å². The lowest BCUT2D eigenvalue weighted by atomic mass is 10.2. The van der Waals surface area contributed by atoms with E-state index >= 15 is 0 Å². The summed E-state index contributed by atoms with van der Waals surface area (Å²) in [5.74, 6) is -0.374. The number of halogens is 1. The van der Waals surface area contributed by atoms with E-state index in [1.165, 1.54) is 22.8 Å². The lowest BCUT2D eigenvalue weighted by Crippen LogP contribution is -2.30. The van der Waals surface area contributed by atoms with Crippen LogP contribution in [-0.4, -0.2) is 15.5 Å². The van der Waals surface area contributed by atoms with Crippen LogP contribution in [0.4, 0.5) is 10.1 Å². The SMILES string of the molecule is CCc1cc(=O)n(CC(=O)Nc2ccccc2)c(-c2ccc(F)cc2)n1. The Morgan fingerprint density at radius 1 is 1.12 bits per heavy atom. The van der Waals surface area contributed by atoms with Gasteiger partial charge in [-0.2, -0.15) is 0 Å². The number of carbonyl (C=O) groups excluding carboxylic acids is 1. The van der Waals surface area contributed by atoms with Gasteiger partial charge in [-0.25, -0.2) is 9.37 Å². The number of aryl methyl sites for hydroxylation is 1. The number of hydrogen-bond donors (Lipinski definition) is 1. The van der Waals surface area contributed by atoms with Crippen LogP contribution in [0.15, 0.2) is 65.5 Å². The first-order valence-electron chi connectivity index (χ1n) is 8.28. The lowest BCUT2D eigenvalue weighted by molar-refractivity contribution is -0.116. The number of anilines is 1. The van der Waals surface area contributed by atoms with Crippen molar-refractivity contribution < 1.29 is 9.18 Å². The number of hydrogen-bond acceptors (Lipinski definition) is 3. The number of carbonyl (C=O) groups is 1. The van der Waals surface area contributed by atoms with Crippen molar-refractivity contribution in [2.24, 2.45) is 0 Å². The molecule has 5 nitrogen and oxygen atoms in total. The Kier molecular flexibility index (Phi) is 5.22. The molecule has 6 heteroatoms. The number of amides is 1. The van der Waals surface area contributed by atoms with Gasteiger partial charge in [-0.3, -0.25) is 14.2 Å². The maximum Gasteiger partial charge on any atom is 0.254 e. The topological polar surface area (TPSA) is 64.0 Å². The zero-order chi connectivity index (χ0) is 18.5. The molecule has 0 aliphatic carbocycles. The van der Waals surface area contributed by atoms with Gasteiger partial charge in [0, 0.05) is 23.0 Å². The van der Waals surface area contributed by atoms with Crippen LogP contribution in [0.3, 0.4) is 0 Å². The number of nitrogens with one attached hydrogen (secondary N) is 1. The van der Waals surface area contributed by atoms with Crippen LogP contribution >= 0.6 is 0 Å². The number of nitrogens with zero attached hydrogens (tertiary/aromatic N) is 2. The minimum absolute atomic E-state index is 0.183. The molecule has 1 aromatic heterocycles. The minimum Gasteiger partial charge on any atom is -0.325 e. The fraction of sp³-hybridized carbons (Fsp3) is 0.150. The Bertz CT molecular complexity index is 967. The number of para-hydroxylation sites is 1. The highest BCUT2D eigenvalue weighted by atomic mass is 19.1. The fourth-order valence-corrected chi connectivity index (χ4v) is 2.57. The highest BCUT2D eigenvalue weighted by Gasteiger charge is 2.14. The Morgan fingerprint density at radius 3 is 2.46 bits per heavy atom. The van der Waals surface area contributed by atoms with Gasteiger partial charge in [-0.1, -0.05) is 25.1 Å². The monoisotopic (exact) mass is 351 g/mol. The molecule has 0 saturated heterocycles. The number of aromatic nitrogens is 2. The van der Waals surface area contributed by atoms with Gasteiger partial charge in [0.25, 0.3) is 5.56 Å². The van der Waals surface area contributed by atoms with Crippen LogP contribution in [-0.2, 0) is 17.8 Å². The van der Waals surface area contributed by atoms with Gasteiger partial charge in [0.1, 0.15) is 18.2 Å². The zero-order valence-electron chi connectivity index (χ0n) is 14.3. The van der Waals surface area contributed by atoms with Crippen molar-refractivity contribution in [3.63, 3.8) is 0 Å². The molecule has 0 aliphatic heterocycles. The Labute approximate surface area is 150 Å². The largest absolute Gasteiger partial charge is 0.325 e. The predicted octanol–water partition coefficient (Wildman–Crippen LogP) is 3.25. The third kappa shape index (κ3) is 4.03. The molecule has 3 rings (SSSR count). The van der Waals surface area contributed by atoms with Crippen LogP contribution in [0.25, 0.3) is 11.4 Å². The highest BCUT2D eigenvalue weighted by molar-refractivity contribution is 5.90. The predicted molar refractivity (Wildman–Crippen MR) is 98.3 cm³/mol. The summed E-state index contributed by atoms with van der Waals surface area (Å²) in [6.07, 6.45) is 0.584. The van der Waals surface area contributed by atoms with Gasteiger partial charge >= 0.3 is 0 Å². The van der Waals surface area contributed by atoms with Crippen molar-refractivity contribution in [2.45, 2.75) is 19.9 Å². The second kappa shape index (κ2) is 7.74. The van der Waals surface area contributed by atoms with Crippen LogP contribution < -0.4 is 10.9 Å². The summed E-state index contributed by atoms with van der Waals surface area (Å²) < 4.78 is 14.5. The van der Waals surface area contributed by atoms with Crippen molar-refractivity contribution in [3.05, 3.63) is 82.5 Å². The molecule has 0 atom stereocenters. The van der Waals surface area contributed by atoms with E-state index in [4.69, 9.17) is 0 Å². The summed E-state index contributed by atoms with van der Waals surface area (Å²) in [7, 11) is 0. The van der Waals surface area contributed by atoms with Gasteiger partial charge in [0.05, 0.1) is 0 Å². The van der Waals surface area contributed by atoms with Crippen molar-refractivity contribution in [2.75, 3.05) is 5.32 Å². The molecule has 0 fully saturated rings. The molecule has 0 spiro atoms. The Morgan fingerprint density at radius 2 is 1.81 bits per heavy atom. The summed E-state index contributed by atoms with van der Waals surface area (Å²) in [6.45, 7) is 1.71. The first kappa shape index (κ1) is 17.5. The number of benzene rings is 2. The van der Waals surface area contributed by atoms with Crippen LogP contribution in [0, 0.1) is 5.82 Å². The summed E-state index contributed by atoms with van der Waals surface area (Å²) in [4.78, 5) is 29.4. The third-order valence-corrected chi connectivity index (χ3v) is 3.89. The maximum absolute atomic E-state index is 13.2. The molecule has 26 heavy (non-hydrogen) atoms. The van der Waals surface area contributed by atoms with E-state index in [1.54, 1.807) is 24.3 Å². The lowest BCUT2D eigenvalue weighted by Gasteiger charge is -2.13. The van der Waals surface area contributed by atoms with Gasteiger partial charge in [-0.05, 0) is 42.8 Å². The normalized spacial score (nSPS) is 10.5. The molecule has 0 saturated carbocycles. The molecule has 1 heterocycles. The molecule has 0 unspecified atom stereocenters. The van der Waals surface area contributed by atoms with Gasteiger partial charge < -0.3 is 5.32 Å². The van der Waals surface area contributed by atoms with Crippen molar-refractivity contribution in [1.29, 1.82) is 0 Å². The van der Waals surface area contributed by atoms with E-state index in [0.717, 1.165) is 0 Å². The zero-order valence-corrected chi connectivity index (χ0v) is 14.3. The molecular weight excluding hydrogens is 333 g/mol. The van der Waals surface area contributed by atoms with E-state index in [0.29, 0.717) is 29.2 Å². The molecule has 0 bridgehead atoms. The summed E-state index contributed by atoms with van der Waals surface area (Å²) in [5.41, 5.74) is 1.52. The van der Waals surface area contributed by atoms with E-state index in [-0.39, 0.29) is 23.8 Å². The van der Waals surface area contributed by atoms with Crippen molar-refractivity contribution in [1.82, 2.24) is 9.55 Å². The summed E-state index contributed by atoms with van der Waals surface area (Å²) >= 11 is 0. The molecule has 1 N–H and O–H groups in total. The molecule has 132 valence electrons. The van der Waals surface area contributed by atoms with Gasteiger partial charge in [0.2, 0.25) is 5.91 Å². The Balaban J connectivity index is 1.96. The molecule has 0 aliphatic rings. The molecule has 2 aromatic carbocycles. The minimum atomic E-state index is -0.379. The molecule has 3 aromatic rings. The second-order valence-corrected chi connectivity index (χ2v) is 5.77. The quantitative estimate of drug-likeness (QED) is 0.767. The van der Waals surface area contributed by atoms with Crippen LogP contribution in [0.2, 0.25) is 0 Å². The Hall–Kier alpha value is -3.28. The van der Waals surface area contributed by atoms with Crippen molar-refractivity contribution in [3.8, 4) is 11.4 Å². The first-order chi connectivity index (χ1) is 12.6. The average molecular weight is 351 g/mol. The third-order valence-electron chi connectivity index (χ3n) is 3.89. The summed E-state index contributed by atoms with van der Waals surface area (Å²) in [5, 5.41) is 2.75. The highest BCUT2D eigenvalue weighted by Crippen LogP contribution is 2.17. The fourth-order valence-electron chi connectivity index (χ4n) is 2.57. The smallest absolute Gasteiger partial charge is 0.254 e. The van der Waals surface area contributed by atoms with E-state index < -0.39 is 0 Å². The standard InChI is InChI=1S/C20H18FN3O2/c1-2-16-12-19(26)24(13-18(25)22-17-6-4-3-5-7-17)20(23-16)14-8-10-15(21)11-9-14/h3-12H,2,13H2,1H3,(H,22,25). The molecule has 1 amide bonds. The van der Waals surface area contributed by atoms with E-state index in [9.17, 15) is 14.0 Å². The van der Waals surface area contributed by atoms with E-state index in [2.05, 4.69) is 10.3 Å². The molecular formula is C20H18FN3O2. The van der Waals surface area contributed by atoms with Gasteiger partial charge in [-0.15, -0.1) is 0 Å². The second-order valence-electron chi connectivity index (χ2n) is 5.77. The first-order valence-corrected chi connectivity index (χ1v) is 8.28. The average Bonchev–Trinajstić information content (AvgIpc) is 2.64. The molecule has 0 radical (unpaired) electrons. The van der Waals surface area contributed by atoms with Crippen LogP contribution in [0.5, 0.6) is 0 Å². The van der Waals surface area contributed by atoms with Crippen molar-refractivity contribution >= 4 is 11.6 Å². The maximum atomic E-state index is 13.2. The summed E-state index contributed by atoms with van der Waals surface area (Å²) in [6, 6.07) is 16.1. The van der Waals surface area contributed by atoms with Crippen LogP contribution in [0.1, 0.15) is 12.6 Å². The van der Waals surface area contributed by atoms with Gasteiger partial charge in [0.15, 0.2) is 0 Å². The number of rotatable bonds is 5.